The van der Waals surface area contributed by atoms with Crippen LogP contribution in [0.4, 0.5) is 4.79 Å². The van der Waals surface area contributed by atoms with E-state index in [1.54, 1.807) is 14.2 Å². The van der Waals surface area contributed by atoms with Gasteiger partial charge in [-0.25, -0.2) is 4.79 Å². The van der Waals surface area contributed by atoms with Crippen molar-refractivity contribution in [3.63, 3.8) is 0 Å². The Balaban J connectivity index is 0. The molecule has 2 amide bonds. The molecule has 0 saturated carbocycles. The zero-order valence-corrected chi connectivity index (χ0v) is 4.47. The van der Waals surface area contributed by atoms with Crippen LogP contribution in [0.1, 0.15) is 0 Å². The summed E-state index contributed by atoms with van der Waals surface area (Å²) >= 11 is 0. The summed E-state index contributed by atoms with van der Waals surface area (Å²) in [5, 5.41) is 0. The molecule has 0 heterocycles. The number of rotatable bonds is 0. The Morgan fingerprint density at radius 3 is 1.43 bits per heavy atom. The Hall–Kier alpha value is -0.770. The van der Waals surface area contributed by atoms with Gasteiger partial charge in [0.1, 0.15) is 0 Å². The highest BCUT2D eigenvalue weighted by molar-refractivity contribution is 5.69. The van der Waals surface area contributed by atoms with Crippen molar-refractivity contribution in [3.8, 4) is 0 Å². The van der Waals surface area contributed by atoms with Crippen molar-refractivity contribution in [1.82, 2.24) is 0 Å². The summed E-state index contributed by atoms with van der Waals surface area (Å²) in [6.45, 7) is 0. The average Bonchev–Trinajstić information content (AvgIpc) is 1.33. The van der Waals surface area contributed by atoms with Crippen LogP contribution in [-0.4, -0.2) is 20.3 Å². The largest absolute Gasteiger partial charge is 0.388 e. The smallest absolute Gasteiger partial charge is 0.309 e. The fourth-order valence-electron chi connectivity index (χ4n) is 0. The highest BCUT2D eigenvalue weighted by atomic mass is 16.4. The molecule has 0 aromatic rings. The van der Waals surface area contributed by atoms with E-state index in [4.69, 9.17) is 4.79 Å². The van der Waals surface area contributed by atoms with Crippen LogP contribution >= 0.6 is 0 Å². The maximum absolute atomic E-state index is 9.00. The lowest BCUT2D eigenvalue weighted by molar-refractivity contribution is 0.256. The van der Waals surface area contributed by atoms with Gasteiger partial charge in [0.25, 0.3) is 0 Å². The van der Waals surface area contributed by atoms with Gasteiger partial charge in [0.2, 0.25) is 0 Å². The summed E-state index contributed by atoms with van der Waals surface area (Å²) in [5.41, 5.74) is 8.50. The third-order valence-electron chi connectivity index (χ3n) is 0. The Labute approximate surface area is 42.4 Å². The molecule has 0 spiro atoms. The summed E-state index contributed by atoms with van der Waals surface area (Å²) in [6, 6.07) is -0.833. The summed E-state index contributed by atoms with van der Waals surface area (Å²) in [7, 11) is 3.25. The summed E-state index contributed by atoms with van der Waals surface area (Å²) in [4.78, 5) is 9.00. The van der Waals surface area contributed by atoms with Crippen molar-refractivity contribution in [2.45, 2.75) is 0 Å². The van der Waals surface area contributed by atoms with Crippen LogP contribution in [0.2, 0.25) is 0 Å². The zero-order valence-electron chi connectivity index (χ0n) is 4.47. The van der Waals surface area contributed by atoms with E-state index in [1.165, 1.54) is 0 Å². The van der Waals surface area contributed by atoms with Gasteiger partial charge in [-0.2, -0.15) is 0 Å². The van der Waals surface area contributed by atoms with Crippen LogP contribution in [0.25, 0.3) is 0 Å². The highest BCUT2D eigenvalue weighted by Crippen LogP contribution is 1.28. The van der Waals surface area contributed by atoms with E-state index >= 15 is 0 Å². The maximum atomic E-state index is 9.00. The standard InChI is InChI=1S/C2H6O.CH4N2O/c1-3-2;2-1(3)4/h1-2H3;(H4,2,3,4). The molecule has 0 atom stereocenters. The summed E-state index contributed by atoms with van der Waals surface area (Å²) in [5.74, 6) is 0. The van der Waals surface area contributed by atoms with Gasteiger partial charge in [-0.15, -0.1) is 0 Å². The number of urea groups is 1. The number of carbonyl (C=O) groups is 1. The van der Waals surface area contributed by atoms with Crippen LogP contribution in [0.5, 0.6) is 0 Å². The van der Waals surface area contributed by atoms with Gasteiger partial charge in [0.15, 0.2) is 0 Å². The van der Waals surface area contributed by atoms with Gasteiger partial charge in [-0.3, -0.25) is 0 Å². The van der Waals surface area contributed by atoms with Crippen molar-refractivity contribution < 1.29 is 9.53 Å². The summed E-state index contributed by atoms with van der Waals surface area (Å²) in [6.07, 6.45) is 0. The number of ether oxygens (including phenoxy) is 1. The molecule has 0 fully saturated rings. The number of hydrogen-bond acceptors (Lipinski definition) is 2. The second-order valence-electron chi connectivity index (χ2n) is 0.811. The lowest BCUT2D eigenvalue weighted by Crippen LogP contribution is -2.18. The third-order valence-corrected chi connectivity index (χ3v) is 0. The monoisotopic (exact) mass is 106 g/mol. The van der Waals surface area contributed by atoms with Crippen LogP contribution in [0.15, 0.2) is 0 Å². The van der Waals surface area contributed by atoms with Crippen LogP contribution < -0.4 is 11.5 Å². The predicted octanol–water partition coefficient (Wildman–Crippen LogP) is -0.714. The number of amides is 2. The van der Waals surface area contributed by atoms with Gasteiger partial charge < -0.3 is 16.2 Å². The van der Waals surface area contributed by atoms with E-state index in [-0.39, 0.29) is 0 Å². The molecule has 0 saturated heterocycles. The first-order valence-corrected chi connectivity index (χ1v) is 1.60. The number of primary amides is 2. The Kier molecular flexibility index (Phi) is 12.2. The normalized spacial score (nSPS) is 6.00. The first-order valence-electron chi connectivity index (χ1n) is 1.60. The molecule has 0 aromatic heterocycles. The molecule has 44 valence electrons. The van der Waals surface area contributed by atoms with Gasteiger partial charge >= 0.3 is 6.03 Å². The molecule has 0 rings (SSSR count). The van der Waals surface area contributed by atoms with Gasteiger partial charge in [-0.05, 0) is 0 Å². The van der Waals surface area contributed by atoms with Crippen molar-refractivity contribution >= 4 is 6.03 Å². The third kappa shape index (κ3) is 92.0. The fourth-order valence-corrected chi connectivity index (χ4v) is 0. The number of nitrogens with two attached hydrogens (primary N) is 2. The molecular weight excluding hydrogens is 96.0 g/mol. The fraction of sp³-hybridized carbons (Fsp3) is 0.667. The minimum Gasteiger partial charge on any atom is -0.388 e. The molecule has 0 aliphatic carbocycles. The maximum Gasteiger partial charge on any atom is 0.309 e. The predicted molar refractivity (Wildman–Crippen MR) is 26.7 cm³/mol. The van der Waals surface area contributed by atoms with Crippen molar-refractivity contribution in [2.24, 2.45) is 11.5 Å². The number of hydrogen-bond donors (Lipinski definition) is 2. The van der Waals surface area contributed by atoms with Gasteiger partial charge in [0, 0.05) is 14.2 Å². The van der Waals surface area contributed by atoms with E-state index < -0.39 is 6.03 Å². The zero-order chi connectivity index (χ0) is 6.28. The molecule has 4 heteroatoms. The first kappa shape index (κ1) is 9.52. The lowest BCUT2D eigenvalue weighted by atomic mass is 11.2. The Morgan fingerprint density at radius 1 is 1.43 bits per heavy atom. The Morgan fingerprint density at radius 2 is 1.43 bits per heavy atom. The van der Waals surface area contributed by atoms with Crippen LogP contribution in [0.3, 0.4) is 0 Å². The molecule has 0 aliphatic heterocycles. The second-order valence-corrected chi connectivity index (χ2v) is 0.811. The van der Waals surface area contributed by atoms with E-state index in [0.29, 0.717) is 0 Å². The van der Waals surface area contributed by atoms with Crippen LogP contribution in [0, 0.1) is 0 Å². The molecule has 0 aliphatic rings. The van der Waals surface area contributed by atoms with Gasteiger partial charge in [0.05, 0.1) is 0 Å². The quantitative estimate of drug-likeness (QED) is 0.427. The molecule has 0 bridgehead atoms. The first-order chi connectivity index (χ1) is 3.15. The minimum absolute atomic E-state index is 0.833. The molecule has 4 nitrogen and oxygen atoms in total. The van der Waals surface area contributed by atoms with E-state index in [0.717, 1.165) is 0 Å². The minimum atomic E-state index is -0.833. The second kappa shape index (κ2) is 8.97. The number of carbonyl (C=O) groups excluding carboxylic acids is 1. The Bertz CT molecular complexity index is 42.2. The van der Waals surface area contributed by atoms with Crippen molar-refractivity contribution in [1.29, 1.82) is 0 Å². The molecule has 0 aromatic carbocycles. The van der Waals surface area contributed by atoms with Crippen molar-refractivity contribution in [2.75, 3.05) is 14.2 Å². The molecule has 0 radical (unpaired) electrons. The molecular formula is C3H10N2O2. The van der Waals surface area contributed by atoms with E-state index in [1.807, 2.05) is 0 Å². The van der Waals surface area contributed by atoms with E-state index in [2.05, 4.69) is 16.2 Å². The SMILES string of the molecule is COC.NC(N)=O. The van der Waals surface area contributed by atoms with Crippen molar-refractivity contribution in [3.05, 3.63) is 0 Å². The van der Waals surface area contributed by atoms with Gasteiger partial charge in [-0.1, -0.05) is 0 Å². The average molecular weight is 106 g/mol. The molecule has 7 heavy (non-hydrogen) atoms. The lowest BCUT2D eigenvalue weighted by Gasteiger charge is -1.62. The molecule has 0 unspecified atom stereocenters. The number of methoxy groups -OCH3 is 1. The highest BCUT2D eigenvalue weighted by Gasteiger charge is 1.60. The summed E-state index contributed by atoms with van der Waals surface area (Å²) < 4.78 is 4.25. The molecule has 4 N–H and O–H groups in total. The van der Waals surface area contributed by atoms with Crippen LogP contribution in [-0.2, 0) is 4.74 Å². The topological polar surface area (TPSA) is 78.3 Å². The van der Waals surface area contributed by atoms with E-state index in [9.17, 15) is 0 Å².